The number of likely N-dealkylation sites (tertiary alicyclic amines) is 1. The average Bonchev–Trinajstić information content (AvgIpc) is 2.82. The van der Waals surface area contributed by atoms with Crippen LogP contribution in [-0.2, 0) is 11.3 Å². The molecule has 3 N–H and O–H groups in total. The number of nitrogens with zero attached hydrogens (tertiary/aromatic N) is 2. The number of anilines is 1. The van der Waals surface area contributed by atoms with Crippen molar-refractivity contribution >= 4 is 29.3 Å². The van der Waals surface area contributed by atoms with E-state index in [1.54, 1.807) is 18.0 Å². The van der Waals surface area contributed by atoms with Gasteiger partial charge in [-0.25, -0.2) is 4.98 Å². The summed E-state index contributed by atoms with van der Waals surface area (Å²) in [5, 5.41) is 3.86. The molecule has 4 rings (SSSR count). The molecule has 1 saturated heterocycles. The second-order valence-corrected chi connectivity index (χ2v) is 9.02. The summed E-state index contributed by atoms with van der Waals surface area (Å²) >= 11 is 1.56. The van der Waals surface area contributed by atoms with E-state index < -0.39 is 0 Å². The van der Waals surface area contributed by atoms with Crippen LogP contribution in [0.5, 0.6) is 0 Å². The zero-order valence-corrected chi connectivity index (χ0v) is 18.6. The van der Waals surface area contributed by atoms with Gasteiger partial charge in [0.05, 0.1) is 5.92 Å². The molecule has 32 heavy (non-hydrogen) atoms. The minimum Gasteiger partial charge on any atom is -0.369 e. The number of piperidine rings is 1. The standard InChI is InChI=1S/C25H26N4O2S/c26-24(30)20-4-3-15-29(17-20)16-18-6-10-21(11-7-18)28-25(31)19-8-12-22(13-9-19)32-23-5-1-2-14-27-23/h1-2,5-14,20H,3-4,15-17H2,(H2,26,30)(H,28,31). The maximum Gasteiger partial charge on any atom is 0.255 e. The molecule has 6 nitrogen and oxygen atoms in total. The van der Waals surface area contributed by atoms with Crippen LogP contribution in [0.15, 0.2) is 82.8 Å². The van der Waals surface area contributed by atoms with Crippen molar-refractivity contribution in [2.24, 2.45) is 11.7 Å². The zero-order valence-electron chi connectivity index (χ0n) is 17.7. The molecule has 0 bridgehead atoms. The van der Waals surface area contributed by atoms with Crippen LogP contribution in [0.1, 0.15) is 28.8 Å². The van der Waals surface area contributed by atoms with Crippen molar-refractivity contribution < 1.29 is 9.59 Å². The third-order valence-corrected chi connectivity index (χ3v) is 6.46. The van der Waals surface area contributed by atoms with Gasteiger partial charge in [-0.2, -0.15) is 0 Å². The van der Waals surface area contributed by atoms with Crippen molar-refractivity contribution in [2.75, 3.05) is 18.4 Å². The third-order valence-electron chi connectivity index (χ3n) is 5.50. The highest BCUT2D eigenvalue weighted by molar-refractivity contribution is 7.99. The van der Waals surface area contributed by atoms with Gasteiger partial charge >= 0.3 is 0 Å². The van der Waals surface area contributed by atoms with Gasteiger partial charge < -0.3 is 11.1 Å². The number of benzene rings is 2. The quantitative estimate of drug-likeness (QED) is 0.568. The summed E-state index contributed by atoms with van der Waals surface area (Å²) in [6.45, 7) is 2.45. The SMILES string of the molecule is NC(=O)C1CCCN(Cc2ccc(NC(=O)c3ccc(Sc4ccccn4)cc3)cc2)C1. The first-order valence-corrected chi connectivity index (χ1v) is 11.5. The highest BCUT2D eigenvalue weighted by Crippen LogP contribution is 2.26. The number of carbonyl (C=O) groups is 2. The first kappa shape index (κ1) is 22.0. The Morgan fingerprint density at radius 1 is 1.06 bits per heavy atom. The van der Waals surface area contributed by atoms with Crippen molar-refractivity contribution in [3.05, 3.63) is 84.1 Å². The van der Waals surface area contributed by atoms with Crippen LogP contribution >= 0.6 is 11.8 Å². The van der Waals surface area contributed by atoms with E-state index in [9.17, 15) is 9.59 Å². The van der Waals surface area contributed by atoms with Crippen molar-refractivity contribution in [3.8, 4) is 0 Å². The molecule has 1 fully saturated rings. The molecule has 1 atom stereocenters. The first-order chi connectivity index (χ1) is 15.6. The Kier molecular flexibility index (Phi) is 7.19. The molecule has 3 aromatic rings. The van der Waals surface area contributed by atoms with Gasteiger partial charge in [-0.1, -0.05) is 30.0 Å². The van der Waals surface area contributed by atoms with E-state index in [0.29, 0.717) is 12.1 Å². The van der Waals surface area contributed by atoms with Gasteiger partial charge in [0.2, 0.25) is 5.91 Å². The summed E-state index contributed by atoms with van der Waals surface area (Å²) in [4.78, 5) is 31.7. The van der Waals surface area contributed by atoms with Crippen molar-refractivity contribution in [1.29, 1.82) is 0 Å². The van der Waals surface area contributed by atoms with Crippen molar-refractivity contribution in [1.82, 2.24) is 9.88 Å². The van der Waals surface area contributed by atoms with E-state index in [1.165, 1.54) is 0 Å². The lowest BCUT2D eigenvalue weighted by Crippen LogP contribution is -2.40. The van der Waals surface area contributed by atoms with Crippen LogP contribution in [0.25, 0.3) is 0 Å². The number of nitrogens with one attached hydrogen (secondary N) is 1. The summed E-state index contributed by atoms with van der Waals surface area (Å²) in [5.41, 5.74) is 7.96. The fraction of sp³-hybridized carbons (Fsp3) is 0.240. The number of pyridine rings is 1. The highest BCUT2D eigenvalue weighted by atomic mass is 32.2. The maximum atomic E-state index is 12.6. The Morgan fingerprint density at radius 2 is 1.84 bits per heavy atom. The van der Waals surface area contributed by atoms with Crippen molar-refractivity contribution in [3.63, 3.8) is 0 Å². The second-order valence-electron chi connectivity index (χ2n) is 7.92. The number of hydrogen-bond donors (Lipinski definition) is 2. The van der Waals surface area contributed by atoms with Crippen LogP contribution in [0.3, 0.4) is 0 Å². The topological polar surface area (TPSA) is 88.3 Å². The van der Waals surface area contributed by atoms with Crippen LogP contribution in [0, 0.1) is 5.92 Å². The minimum absolute atomic E-state index is 0.0592. The second kappa shape index (κ2) is 10.4. The lowest BCUT2D eigenvalue weighted by Gasteiger charge is -2.31. The van der Waals surface area contributed by atoms with Gasteiger partial charge in [-0.15, -0.1) is 0 Å². The third kappa shape index (κ3) is 5.96. The van der Waals surface area contributed by atoms with Gasteiger partial charge in [0.15, 0.2) is 0 Å². The summed E-state index contributed by atoms with van der Waals surface area (Å²) in [5.74, 6) is -0.417. The smallest absolute Gasteiger partial charge is 0.255 e. The normalized spacial score (nSPS) is 16.4. The van der Waals surface area contributed by atoms with Crippen LogP contribution in [0.2, 0.25) is 0 Å². The molecule has 0 saturated carbocycles. The fourth-order valence-corrected chi connectivity index (χ4v) is 4.56. The number of rotatable bonds is 7. The van der Waals surface area contributed by atoms with Gasteiger partial charge in [0.25, 0.3) is 5.91 Å². The predicted molar refractivity (Wildman–Crippen MR) is 126 cm³/mol. The summed E-state index contributed by atoms with van der Waals surface area (Å²) in [6.07, 6.45) is 3.63. The first-order valence-electron chi connectivity index (χ1n) is 10.7. The van der Waals surface area contributed by atoms with Gasteiger partial charge in [-0.3, -0.25) is 14.5 Å². The Bertz CT molecular complexity index is 1060. The number of primary amides is 1. The van der Waals surface area contributed by atoms with Crippen LogP contribution in [0.4, 0.5) is 5.69 Å². The van der Waals surface area contributed by atoms with E-state index in [2.05, 4.69) is 15.2 Å². The van der Waals surface area contributed by atoms with Crippen LogP contribution < -0.4 is 11.1 Å². The largest absolute Gasteiger partial charge is 0.369 e. The number of carbonyl (C=O) groups excluding carboxylic acids is 2. The molecule has 1 aliphatic rings. The summed E-state index contributed by atoms with van der Waals surface area (Å²) in [7, 11) is 0. The molecule has 2 heterocycles. The fourth-order valence-electron chi connectivity index (χ4n) is 3.79. The maximum absolute atomic E-state index is 12.6. The van der Waals surface area contributed by atoms with Crippen molar-refractivity contribution in [2.45, 2.75) is 29.3 Å². The molecule has 2 amide bonds. The Labute approximate surface area is 192 Å². The molecule has 164 valence electrons. The molecule has 0 spiro atoms. The molecule has 0 radical (unpaired) electrons. The van der Waals surface area contributed by atoms with E-state index >= 15 is 0 Å². The number of amides is 2. The van der Waals surface area contributed by atoms with E-state index in [0.717, 1.165) is 47.1 Å². The number of aromatic nitrogens is 1. The van der Waals surface area contributed by atoms with Gasteiger partial charge in [-0.05, 0) is 73.5 Å². The number of nitrogens with two attached hydrogens (primary N) is 1. The average molecular weight is 447 g/mol. The molecule has 1 aromatic heterocycles. The molecule has 1 unspecified atom stereocenters. The van der Waals surface area contributed by atoms with Gasteiger partial charge in [0, 0.05) is 35.4 Å². The highest BCUT2D eigenvalue weighted by Gasteiger charge is 2.23. The lowest BCUT2D eigenvalue weighted by molar-refractivity contribution is -0.123. The molecular formula is C25H26N4O2S. The van der Waals surface area contributed by atoms with Crippen LogP contribution in [-0.4, -0.2) is 34.8 Å². The Hall–Kier alpha value is -3.16. The molecule has 0 aliphatic carbocycles. The summed E-state index contributed by atoms with van der Waals surface area (Å²) in [6, 6.07) is 21.1. The summed E-state index contributed by atoms with van der Waals surface area (Å²) < 4.78 is 0. The monoisotopic (exact) mass is 446 g/mol. The molecule has 7 heteroatoms. The lowest BCUT2D eigenvalue weighted by atomic mass is 9.97. The Balaban J connectivity index is 1.31. The predicted octanol–water partition coefficient (Wildman–Crippen LogP) is 4.18. The number of hydrogen-bond acceptors (Lipinski definition) is 5. The van der Waals surface area contributed by atoms with E-state index in [1.807, 2.05) is 66.7 Å². The zero-order chi connectivity index (χ0) is 22.3. The molecule has 2 aromatic carbocycles. The van der Waals surface area contributed by atoms with Gasteiger partial charge in [0.1, 0.15) is 5.03 Å². The molecule has 1 aliphatic heterocycles. The minimum atomic E-state index is -0.212. The van der Waals surface area contributed by atoms with E-state index in [4.69, 9.17) is 5.73 Å². The van der Waals surface area contributed by atoms with E-state index in [-0.39, 0.29) is 17.7 Å². The molecular weight excluding hydrogens is 420 g/mol. The Morgan fingerprint density at radius 3 is 2.53 bits per heavy atom.